The van der Waals surface area contributed by atoms with Crippen LogP contribution in [0, 0.1) is 0 Å². The Kier molecular flexibility index (Phi) is 3.54. The first-order valence-electron chi connectivity index (χ1n) is 7.13. The Morgan fingerprint density at radius 1 is 1.40 bits per heavy atom. The summed E-state index contributed by atoms with van der Waals surface area (Å²) in [4.78, 5) is 16.6. The highest BCUT2D eigenvalue weighted by Crippen LogP contribution is 2.11. The highest BCUT2D eigenvalue weighted by Gasteiger charge is 2.16. The van der Waals surface area contributed by atoms with Crippen LogP contribution in [0.25, 0.3) is 0 Å². The zero-order valence-corrected chi connectivity index (χ0v) is 11.7. The highest BCUT2D eigenvalue weighted by molar-refractivity contribution is 5.42. The molecule has 0 aromatic carbocycles. The molecule has 0 bridgehead atoms. The first-order valence-corrected chi connectivity index (χ1v) is 7.13. The van der Waals surface area contributed by atoms with E-state index in [9.17, 15) is 4.79 Å². The average molecular weight is 273 g/mol. The second-order valence-corrected chi connectivity index (χ2v) is 5.03. The molecule has 6 heteroatoms. The van der Waals surface area contributed by atoms with Crippen molar-refractivity contribution in [2.45, 2.75) is 39.3 Å². The second-order valence-electron chi connectivity index (χ2n) is 5.03. The van der Waals surface area contributed by atoms with Crippen LogP contribution in [-0.4, -0.2) is 25.9 Å². The third kappa shape index (κ3) is 2.45. The third-order valence-electron chi connectivity index (χ3n) is 3.54. The molecule has 2 aromatic heterocycles. The maximum absolute atomic E-state index is 12.2. The minimum atomic E-state index is -0.0182. The van der Waals surface area contributed by atoms with E-state index in [2.05, 4.69) is 15.4 Å². The molecule has 3 heterocycles. The summed E-state index contributed by atoms with van der Waals surface area (Å²) in [6.45, 7) is 4.13. The number of pyridine rings is 1. The van der Waals surface area contributed by atoms with E-state index in [1.165, 1.54) is 4.68 Å². The Labute approximate surface area is 117 Å². The SMILES string of the molecule is CCNc1ccnc(Cn2nc3n(c2=O)CCCC3)c1. The minimum Gasteiger partial charge on any atom is -0.385 e. The Bertz CT molecular complexity index is 658. The van der Waals surface area contributed by atoms with Crippen LogP contribution >= 0.6 is 0 Å². The molecule has 0 spiro atoms. The van der Waals surface area contributed by atoms with E-state index in [0.29, 0.717) is 6.54 Å². The van der Waals surface area contributed by atoms with Crippen molar-refractivity contribution in [3.05, 3.63) is 40.3 Å². The van der Waals surface area contributed by atoms with Crippen molar-refractivity contribution in [1.29, 1.82) is 0 Å². The predicted octanol–water partition coefficient (Wildman–Crippen LogP) is 1.26. The van der Waals surface area contributed by atoms with Crippen molar-refractivity contribution >= 4 is 5.69 Å². The summed E-state index contributed by atoms with van der Waals surface area (Å²) >= 11 is 0. The van der Waals surface area contributed by atoms with Crippen molar-refractivity contribution in [3.63, 3.8) is 0 Å². The zero-order chi connectivity index (χ0) is 13.9. The summed E-state index contributed by atoms with van der Waals surface area (Å²) in [7, 11) is 0. The Morgan fingerprint density at radius 3 is 3.10 bits per heavy atom. The van der Waals surface area contributed by atoms with Gasteiger partial charge in [0.25, 0.3) is 0 Å². The van der Waals surface area contributed by atoms with Crippen LogP contribution < -0.4 is 11.0 Å². The summed E-state index contributed by atoms with van der Waals surface area (Å²) < 4.78 is 3.32. The number of aryl methyl sites for hydroxylation is 1. The lowest BCUT2D eigenvalue weighted by atomic mass is 10.2. The molecule has 1 aliphatic rings. The lowest BCUT2D eigenvalue weighted by Gasteiger charge is -2.09. The van der Waals surface area contributed by atoms with Gasteiger partial charge in [-0.1, -0.05) is 0 Å². The predicted molar refractivity (Wildman–Crippen MR) is 76.9 cm³/mol. The van der Waals surface area contributed by atoms with Crippen LogP contribution in [0.2, 0.25) is 0 Å². The summed E-state index contributed by atoms with van der Waals surface area (Å²) in [6, 6.07) is 3.89. The van der Waals surface area contributed by atoms with Crippen LogP contribution in [0.5, 0.6) is 0 Å². The molecule has 0 fully saturated rings. The normalized spacial score (nSPS) is 14.1. The third-order valence-corrected chi connectivity index (χ3v) is 3.54. The van der Waals surface area contributed by atoms with Gasteiger partial charge < -0.3 is 5.32 Å². The summed E-state index contributed by atoms with van der Waals surface area (Å²) in [5.41, 5.74) is 1.85. The average Bonchev–Trinajstić information content (AvgIpc) is 2.77. The van der Waals surface area contributed by atoms with Gasteiger partial charge in [-0.25, -0.2) is 9.48 Å². The van der Waals surface area contributed by atoms with Gasteiger partial charge in [0.05, 0.1) is 12.2 Å². The van der Waals surface area contributed by atoms with Gasteiger partial charge in [-0.15, -0.1) is 0 Å². The van der Waals surface area contributed by atoms with Crippen molar-refractivity contribution in [3.8, 4) is 0 Å². The van der Waals surface area contributed by atoms with Gasteiger partial charge >= 0.3 is 5.69 Å². The number of hydrogen-bond donors (Lipinski definition) is 1. The van der Waals surface area contributed by atoms with Gasteiger partial charge in [0.2, 0.25) is 0 Å². The molecule has 2 aromatic rings. The standard InChI is InChI=1S/C14H19N5O/c1-2-15-11-6-7-16-12(9-11)10-19-14(20)18-8-4-3-5-13(18)17-19/h6-7,9H,2-5,8,10H2,1H3,(H,15,16). The maximum Gasteiger partial charge on any atom is 0.346 e. The van der Waals surface area contributed by atoms with Gasteiger partial charge in [-0.2, -0.15) is 5.10 Å². The largest absolute Gasteiger partial charge is 0.385 e. The number of anilines is 1. The number of nitrogens with zero attached hydrogens (tertiary/aromatic N) is 4. The molecule has 0 aliphatic carbocycles. The lowest BCUT2D eigenvalue weighted by Crippen LogP contribution is -2.27. The Hall–Kier alpha value is -2.11. The van der Waals surface area contributed by atoms with Crippen molar-refractivity contribution in [2.24, 2.45) is 0 Å². The van der Waals surface area contributed by atoms with Crippen molar-refractivity contribution in [2.75, 3.05) is 11.9 Å². The van der Waals surface area contributed by atoms with Crippen molar-refractivity contribution < 1.29 is 0 Å². The quantitative estimate of drug-likeness (QED) is 0.910. The van der Waals surface area contributed by atoms with Gasteiger partial charge in [-0.3, -0.25) is 9.55 Å². The molecule has 0 atom stereocenters. The first kappa shape index (κ1) is 12.9. The molecule has 0 saturated heterocycles. The van der Waals surface area contributed by atoms with Crippen LogP contribution in [-0.2, 0) is 19.5 Å². The fourth-order valence-corrected chi connectivity index (χ4v) is 2.58. The molecular formula is C14H19N5O. The maximum atomic E-state index is 12.2. The zero-order valence-electron chi connectivity index (χ0n) is 11.7. The smallest absolute Gasteiger partial charge is 0.346 e. The fourth-order valence-electron chi connectivity index (χ4n) is 2.58. The van der Waals surface area contributed by atoms with E-state index in [1.54, 1.807) is 10.8 Å². The van der Waals surface area contributed by atoms with Gasteiger partial charge in [0, 0.05) is 31.4 Å². The Balaban J connectivity index is 1.86. The molecule has 106 valence electrons. The monoisotopic (exact) mass is 273 g/mol. The molecule has 20 heavy (non-hydrogen) atoms. The van der Waals surface area contributed by atoms with Crippen molar-refractivity contribution in [1.82, 2.24) is 19.3 Å². The van der Waals surface area contributed by atoms with Crippen LogP contribution in [0.15, 0.2) is 23.1 Å². The van der Waals surface area contributed by atoms with E-state index in [0.717, 1.165) is 49.6 Å². The molecule has 0 radical (unpaired) electrons. The van der Waals surface area contributed by atoms with Crippen LogP contribution in [0.1, 0.15) is 31.3 Å². The van der Waals surface area contributed by atoms with E-state index in [-0.39, 0.29) is 5.69 Å². The molecule has 0 unspecified atom stereocenters. The lowest BCUT2D eigenvalue weighted by molar-refractivity contribution is 0.511. The molecule has 3 rings (SSSR count). The molecular weight excluding hydrogens is 254 g/mol. The van der Waals surface area contributed by atoms with E-state index in [1.807, 2.05) is 19.1 Å². The summed E-state index contributed by atoms with van der Waals surface area (Å²) in [5, 5.41) is 7.67. The highest BCUT2D eigenvalue weighted by atomic mass is 16.2. The van der Waals surface area contributed by atoms with E-state index in [4.69, 9.17) is 0 Å². The van der Waals surface area contributed by atoms with E-state index < -0.39 is 0 Å². The number of rotatable bonds is 4. The summed E-state index contributed by atoms with van der Waals surface area (Å²) in [5.74, 6) is 0.907. The van der Waals surface area contributed by atoms with Crippen LogP contribution in [0.4, 0.5) is 5.69 Å². The van der Waals surface area contributed by atoms with Gasteiger partial charge in [0.15, 0.2) is 0 Å². The molecule has 1 N–H and O–H groups in total. The molecule has 6 nitrogen and oxygen atoms in total. The fraction of sp³-hybridized carbons (Fsp3) is 0.500. The number of fused-ring (bicyclic) bond motifs is 1. The first-order chi connectivity index (χ1) is 9.78. The Morgan fingerprint density at radius 2 is 2.30 bits per heavy atom. The van der Waals surface area contributed by atoms with E-state index >= 15 is 0 Å². The molecule has 0 saturated carbocycles. The van der Waals surface area contributed by atoms with Gasteiger partial charge in [0.1, 0.15) is 5.82 Å². The van der Waals surface area contributed by atoms with Crippen LogP contribution in [0.3, 0.4) is 0 Å². The summed E-state index contributed by atoms with van der Waals surface area (Å²) in [6.07, 6.45) is 4.83. The second kappa shape index (κ2) is 5.48. The van der Waals surface area contributed by atoms with Gasteiger partial charge in [-0.05, 0) is 31.9 Å². The molecule has 1 aliphatic heterocycles. The topological polar surface area (TPSA) is 64.7 Å². The number of hydrogen-bond acceptors (Lipinski definition) is 4. The number of aromatic nitrogens is 4. The number of nitrogens with one attached hydrogen (secondary N) is 1. The molecule has 0 amide bonds. The minimum absolute atomic E-state index is 0.0182.